The second kappa shape index (κ2) is 6.85. The molecule has 6 nitrogen and oxygen atoms in total. The van der Waals surface area contributed by atoms with Gasteiger partial charge in [0.1, 0.15) is 5.82 Å². The van der Waals surface area contributed by atoms with Crippen molar-refractivity contribution in [2.75, 3.05) is 30.5 Å². The van der Waals surface area contributed by atoms with Crippen LogP contribution in [0.4, 0.5) is 10.8 Å². The predicted molar refractivity (Wildman–Crippen MR) is 86.3 cm³/mol. The molecule has 22 heavy (non-hydrogen) atoms. The maximum atomic E-state index is 12.2. The zero-order chi connectivity index (χ0) is 15.4. The van der Waals surface area contributed by atoms with E-state index in [2.05, 4.69) is 14.7 Å². The van der Waals surface area contributed by atoms with Crippen LogP contribution in [-0.4, -0.2) is 41.6 Å². The quantitative estimate of drug-likeness (QED) is 0.882. The number of aromatic nitrogens is 2. The van der Waals surface area contributed by atoms with E-state index in [1.807, 2.05) is 35.2 Å². The van der Waals surface area contributed by atoms with E-state index in [1.54, 1.807) is 7.11 Å². The molecule has 1 aliphatic heterocycles. The topological polar surface area (TPSA) is 67.3 Å². The maximum Gasteiger partial charge on any atom is 0.229 e. The Bertz CT molecular complexity index is 631. The Morgan fingerprint density at radius 3 is 3.00 bits per heavy atom. The summed E-state index contributed by atoms with van der Waals surface area (Å²) in [4.78, 5) is 18.4. The zero-order valence-electron chi connectivity index (χ0n) is 12.4. The molecule has 1 N–H and O–H groups in total. The van der Waals surface area contributed by atoms with Crippen molar-refractivity contribution in [1.82, 2.24) is 9.36 Å². The first-order valence-electron chi connectivity index (χ1n) is 7.19. The molecule has 0 aliphatic carbocycles. The van der Waals surface area contributed by atoms with Gasteiger partial charge in [-0.15, -0.1) is 0 Å². The first-order valence-corrected chi connectivity index (χ1v) is 7.97. The first-order chi connectivity index (χ1) is 10.8. The van der Waals surface area contributed by atoms with Crippen molar-refractivity contribution in [3.05, 3.63) is 36.2 Å². The van der Waals surface area contributed by atoms with Crippen LogP contribution in [0.2, 0.25) is 0 Å². The predicted octanol–water partition coefficient (Wildman–Crippen LogP) is 1.94. The molecule has 1 aromatic carbocycles. The summed E-state index contributed by atoms with van der Waals surface area (Å²) in [5.74, 6) is 0.909. The smallest absolute Gasteiger partial charge is 0.229 e. The normalized spacial score (nSPS) is 18.0. The summed E-state index contributed by atoms with van der Waals surface area (Å²) in [6.45, 7) is 1.26. The monoisotopic (exact) mass is 318 g/mol. The molecular formula is C15H18N4O2S. The van der Waals surface area contributed by atoms with Gasteiger partial charge < -0.3 is 15.0 Å². The zero-order valence-corrected chi connectivity index (χ0v) is 13.2. The molecule has 1 saturated heterocycles. The minimum Gasteiger partial charge on any atom is -0.384 e. The molecule has 3 rings (SSSR count). The molecule has 0 unspecified atom stereocenters. The van der Waals surface area contributed by atoms with E-state index in [0.29, 0.717) is 26.0 Å². The number of anilines is 2. The van der Waals surface area contributed by atoms with Crippen LogP contribution in [0, 0.1) is 0 Å². The van der Waals surface area contributed by atoms with E-state index in [9.17, 15) is 4.79 Å². The number of rotatable bonds is 6. The second-order valence-electron chi connectivity index (χ2n) is 5.14. The number of hydrogen-bond donors (Lipinski definition) is 1. The molecular weight excluding hydrogens is 300 g/mol. The van der Waals surface area contributed by atoms with Gasteiger partial charge in [-0.2, -0.15) is 4.37 Å². The third-order valence-electron chi connectivity index (χ3n) is 3.52. The van der Waals surface area contributed by atoms with Crippen LogP contribution >= 0.6 is 11.5 Å². The second-order valence-corrected chi connectivity index (χ2v) is 5.90. The van der Waals surface area contributed by atoms with Gasteiger partial charge in [0.15, 0.2) is 0 Å². The third kappa shape index (κ3) is 3.42. The van der Waals surface area contributed by atoms with E-state index >= 15 is 0 Å². The molecule has 0 saturated carbocycles. The van der Waals surface area contributed by atoms with E-state index in [-0.39, 0.29) is 11.9 Å². The van der Waals surface area contributed by atoms with E-state index < -0.39 is 0 Å². The fourth-order valence-corrected chi connectivity index (χ4v) is 3.13. The molecule has 1 aliphatic rings. The van der Waals surface area contributed by atoms with Crippen molar-refractivity contribution in [3.63, 3.8) is 0 Å². The summed E-state index contributed by atoms with van der Waals surface area (Å²) in [5, 5.41) is 4.07. The highest BCUT2D eigenvalue weighted by Gasteiger charge is 2.31. The molecule has 2 aromatic rings. The van der Waals surface area contributed by atoms with E-state index in [0.717, 1.165) is 16.6 Å². The Labute approximate surface area is 133 Å². The van der Waals surface area contributed by atoms with Gasteiger partial charge in [0.25, 0.3) is 0 Å². The molecule has 0 bridgehead atoms. The Hall–Kier alpha value is -1.99. The highest BCUT2D eigenvalue weighted by atomic mass is 32.1. The van der Waals surface area contributed by atoms with Crippen molar-refractivity contribution in [3.8, 4) is 0 Å². The fourth-order valence-electron chi connectivity index (χ4n) is 2.44. The lowest BCUT2D eigenvalue weighted by atomic mass is 10.3. The molecule has 7 heteroatoms. The van der Waals surface area contributed by atoms with Gasteiger partial charge in [-0.1, -0.05) is 18.2 Å². The minimum absolute atomic E-state index is 0.0657. The van der Waals surface area contributed by atoms with Crippen molar-refractivity contribution < 1.29 is 9.53 Å². The average molecular weight is 318 g/mol. The number of amides is 1. The van der Waals surface area contributed by atoms with Gasteiger partial charge in [0, 0.05) is 43.7 Å². The summed E-state index contributed by atoms with van der Waals surface area (Å²) in [7, 11) is 1.66. The number of benzene rings is 1. The van der Waals surface area contributed by atoms with Crippen LogP contribution in [0.25, 0.3) is 0 Å². The van der Waals surface area contributed by atoms with Gasteiger partial charge in [0.05, 0.1) is 12.6 Å². The molecule has 1 fully saturated rings. The van der Waals surface area contributed by atoms with Crippen LogP contribution in [0.3, 0.4) is 0 Å². The van der Waals surface area contributed by atoms with Crippen LogP contribution in [0.1, 0.15) is 12.2 Å². The number of nitrogens with zero attached hydrogens (tertiary/aromatic N) is 3. The van der Waals surface area contributed by atoms with E-state index in [4.69, 9.17) is 4.74 Å². The Kier molecular flexibility index (Phi) is 4.65. The third-order valence-corrected chi connectivity index (χ3v) is 4.20. The summed E-state index contributed by atoms with van der Waals surface area (Å²) >= 11 is 1.33. The minimum atomic E-state index is 0.0657. The number of para-hydroxylation sites is 1. The molecule has 0 spiro atoms. The standard InChI is InChI=1S/C15H18N4O2S/c1-21-8-7-13-17-15(22-18-13)16-11-9-14(20)19(10-11)12-5-3-2-4-6-12/h2-6,11H,7-10H2,1H3,(H,16,17,18)/t11-/m1/s1. The molecule has 2 heterocycles. The molecule has 1 amide bonds. The average Bonchev–Trinajstić information content (AvgIpc) is 3.13. The highest BCUT2D eigenvalue weighted by molar-refractivity contribution is 7.09. The lowest BCUT2D eigenvalue weighted by Gasteiger charge is -2.16. The van der Waals surface area contributed by atoms with Crippen LogP contribution in [-0.2, 0) is 16.0 Å². The Morgan fingerprint density at radius 2 is 2.23 bits per heavy atom. The number of ether oxygens (including phenoxy) is 1. The molecule has 116 valence electrons. The van der Waals surface area contributed by atoms with Crippen molar-refractivity contribution >= 4 is 28.3 Å². The molecule has 1 aromatic heterocycles. The van der Waals surface area contributed by atoms with E-state index in [1.165, 1.54) is 11.5 Å². The number of carbonyl (C=O) groups excluding carboxylic acids is 1. The number of carbonyl (C=O) groups is 1. The van der Waals surface area contributed by atoms with Crippen LogP contribution < -0.4 is 10.2 Å². The summed E-state index contributed by atoms with van der Waals surface area (Å²) in [6, 6.07) is 9.80. The largest absolute Gasteiger partial charge is 0.384 e. The summed E-state index contributed by atoms with van der Waals surface area (Å²) < 4.78 is 9.30. The SMILES string of the molecule is COCCc1nsc(N[C@@H]2CC(=O)N(c3ccccc3)C2)n1. The number of methoxy groups -OCH3 is 1. The Balaban J connectivity index is 1.60. The van der Waals surface area contributed by atoms with Gasteiger partial charge in [-0.25, -0.2) is 4.98 Å². The lowest BCUT2D eigenvalue weighted by molar-refractivity contribution is -0.117. The van der Waals surface area contributed by atoms with Gasteiger partial charge in [-0.05, 0) is 12.1 Å². The molecule has 1 atom stereocenters. The van der Waals surface area contributed by atoms with Crippen LogP contribution in [0.5, 0.6) is 0 Å². The molecule has 0 radical (unpaired) electrons. The summed E-state index contributed by atoms with van der Waals surface area (Å²) in [6.07, 6.45) is 1.18. The van der Waals surface area contributed by atoms with Crippen molar-refractivity contribution in [1.29, 1.82) is 0 Å². The highest BCUT2D eigenvalue weighted by Crippen LogP contribution is 2.23. The van der Waals surface area contributed by atoms with Crippen LogP contribution in [0.15, 0.2) is 30.3 Å². The Morgan fingerprint density at radius 1 is 1.41 bits per heavy atom. The summed E-state index contributed by atoms with van der Waals surface area (Å²) in [5.41, 5.74) is 0.940. The maximum absolute atomic E-state index is 12.2. The van der Waals surface area contributed by atoms with Gasteiger partial charge >= 0.3 is 0 Å². The van der Waals surface area contributed by atoms with Crippen molar-refractivity contribution in [2.24, 2.45) is 0 Å². The fraction of sp³-hybridized carbons (Fsp3) is 0.400. The van der Waals surface area contributed by atoms with Gasteiger partial charge in [0.2, 0.25) is 11.0 Å². The van der Waals surface area contributed by atoms with Gasteiger partial charge in [-0.3, -0.25) is 4.79 Å². The number of nitrogens with one attached hydrogen (secondary N) is 1. The lowest BCUT2D eigenvalue weighted by Crippen LogP contribution is -2.27. The number of hydrogen-bond acceptors (Lipinski definition) is 6. The first kappa shape index (κ1) is 14.9. The van der Waals surface area contributed by atoms with Crippen molar-refractivity contribution in [2.45, 2.75) is 18.9 Å².